The van der Waals surface area contributed by atoms with Gasteiger partial charge in [-0.3, -0.25) is 4.79 Å². The summed E-state index contributed by atoms with van der Waals surface area (Å²) in [7, 11) is 0. The molecule has 0 radical (unpaired) electrons. The van der Waals surface area contributed by atoms with Crippen LogP contribution in [-0.2, 0) is 4.79 Å². The molecule has 3 nitrogen and oxygen atoms in total. The normalized spacial score (nSPS) is 8.93. The minimum absolute atomic E-state index is 0.0341. The van der Waals surface area contributed by atoms with Crippen molar-refractivity contribution < 1.29 is 4.79 Å². The second-order valence-corrected chi connectivity index (χ2v) is 3.15. The molecule has 0 aliphatic carbocycles. The second kappa shape index (κ2) is 4.54. The minimum atomic E-state index is -0.451. The van der Waals surface area contributed by atoms with E-state index in [4.69, 9.17) is 23.1 Å². The lowest BCUT2D eigenvalue weighted by molar-refractivity contribution is -0.117. The van der Waals surface area contributed by atoms with E-state index in [0.29, 0.717) is 16.3 Å². The highest BCUT2D eigenvalue weighted by molar-refractivity contribution is 6.30. The van der Waals surface area contributed by atoms with E-state index in [2.05, 4.69) is 11.8 Å². The fraction of sp³-hybridized carbons (Fsp3) is 0.100. The van der Waals surface area contributed by atoms with Gasteiger partial charge in [0, 0.05) is 16.3 Å². The van der Waals surface area contributed by atoms with E-state index < -0.39 is 5.91 Å². The summed E-state index contributed by atoms with van der Waals surface area (Å²) in [5.41, 5.74) is 11.7. The first-order valence-corrected chi connectivity index (χ1v) is 4.29. The smallest absolute Gasteiger partial charge is 0.229 e. The summed E-state index contributed by atoms with van der Waals surface area (Å²) in [6, 6.07) is 4.98. The molecule has 0 bridgehead atoms. The molecule has 0 saturated heterocycles. The van der Waals surface area contributed by atoms with Gasteiger partial charge in [-0.05, 0) is 18.2 Å². The van der Waals surface area contributed by atoms with Crippen LogP contribution in [0.3, 0.4) is 0 Å². The van der Waals surface area contributed by atoms with E-state index in [1.54, 1.807) is 18.2 Å². The Balaban J connectivity index is 2.84. The van der Waals surface area contributed by atoms with Crippen LogP contribution in [0, 0.1) is 11.8 Å². The van der Waals surface area contributed by atoms with Crippen molar-refractivity contribution >= 4 is 23.2 Å². The first kappa shape index (κ1) is 10.4. The van der Waals surface area contributed by atoms with Crippen molar-refractivity contribution in [1.82, 2.24) is 0 Å². The summed E-state index contributed by atoms with van der Waals surface area (Å²) >= 11 is 5.75. The minimum Gasteiger partial charge on any atom is -0.399 e. The molecular formula is C10H9ClN2O. The van der Waals surface area contributed by atoms with Gasteiger partial charge in [0.25, 0.3) is 0 Å². The molecule has 1 rings (SSSR count). The highest BCUT2D eigenvalue weighted by Gasteiger charge is 1.93. The van der Waals surface area contributed by atoms with Gasteiger partial charge in [0.2, 0.25) is 5.91 Å². The van der Waals surface area contributed by atoms with Crippen LogP contribution in [0.25, 0.3) is 0 Å². The number of carbonyl (C=O) groups is 1. The average molecular weight is 209 g/mol. The Bertz CT molecular complexity index is 398. The summed E-state index contributed by atoms with van der Waals surface area (Å²) in [5, 5.41) is 0.522. The molecule has 0 spiro atoms. The fourth-order valence-electron chi connectivity index (χ4n) is 0.918. The van der Waals surface area contributed by atoms with Crippen molar-refractivity contribution in [2.75, 3.05) is 5.73 Å². The molecule has 1 aromatic rings. The van der Waals surface area contributed by atoms with Crippen molar-refractivity contribution in [2.24, 2.45) is 5.73 Å². The zero-order chi connectivity index (χ0) is 10.6. The summed E-state index contributed by atoms with van der Waals surface area (Å²) in [4.78, 5) is 10.4. The number of carbonyl (C=O) groups excluding carboxylic acids is 1. The Morgan fingerprint density at radius 2 is 2.14 bits per heavy atom. The van der Waals surface area contributed by atoms with Crippen LogP contribution >= 0.6 is 11.6 Å². The Morgan fingerprint density at radius 1 is 1.43 bits per heavy atom. The topological polar surface area (TPSA) is 69.1 Å². The number of amides is 1. The van der Waals surface area contributed by atoms with Gasteiger partial charge in [-0.1, -0.05) is 23.4 Å². The first-order chi connectivity index (χ1) is 6.58. The monoisotopic (exact) mass is 208 g/mol. The van der Waals surface area contributed by atoms with Gasteiger partial charge in [0.05, 0.1) is 6.42 Å². The quantitative estimate of drug-likeness (QED) is 0.537. The van der Waals surface area contributed by atoms with Crippen LogP contribution in [0.4, 0.5) is 5.69 Å². The number of anilines is 1. The van der Waals surface area contributed by atoms with Gasteiger partial charge >= 0.3 is 0 Å². The second-order valence-electron chi connectivity index (χ2n) is 2.72. The van der Waals surface area contributed by atoms with E-state index in [1.165, 1.54) is 0 Å². The molecule has 1 amide bonds. The molecule has 72 valence electrons. The predicted molar refractivity (Wildman–Crippen MR) is 56.6 cm³/mol. The third-order valence-electron chi connectivity index (χ3n) is 1.42. The van der Waals surface area contributed by atoms with E-state index in [1.807, 2.05) is 0 Å². The lowest BCUT2D eigenvalue weighted by Crippen LogP contribution is -2.08. The molecule has 0 aliphatic rings. The summed E-state index contributed by atoms with van der Waals surface area (Å²) in [6.45, 7) is 0. The van der Waals surface area contributed by atoms with Gasteiger partial charge in [0.1, 0.15) is 0 Å². The zero-order valence-corrected chi connectivity index (χ0v) is 8.14. The Kier molecular flexibility index (Phi) is 3.38. The highest BCUT2D eigenvalue weighted by Crippen LogP contribution is 2.15. The number of hydrogen-bond acceptors (Lipinski definition) is 2. The molecule has 14 heavy (non-hydrogen) atoms. The molecule has 0 heterocycles. The SMILES string of the molecule is NC(=O)CC#Cc1cc(N)cc(Cl)c1. The third-order valence-corrected chi connectivity index (χ3v) is 1.63. The largest absolute Gasteiger partial charge is 0.399 e. The van der Waals surface area contributed by atoms with Crippen molar-refractivity contribution in [3.63, 3.8) is 0 Å². The van der Waals surface area contributed by atoms with Crippen LogP contribution in [0.5, 0.6) is 0 Å². The average Bonchev–Trinajstić information content (AvgIpc) is 2.01. The van der Waals surface area contributed by atoms with E-state index in [-0.39, 0.29) is 6.42 Å². The van der Waals surface area contributed by atoms with Gasteiger partial charge in [-0.25, -0.2) is 0 Å². The van der Waals surface area contributed by atoms with E-state index in [9.17, 15) is 4.79 Å². The Hall–Kier alpha value is -1.66. The highest BCUT2D eigenvalue weighted by atomic mass is 35.5. The number of nitrogen functional groups attached to an aromatic ring is 1. The Morgan fingerprint density at radius 3 is 2.71 bits per heavy atom. The molecule has 4 N–H and O–H groups in total. The predicted octanol–water partition coefficient (Wildman–Crippen LogP) is 1.15. The van der Waals surface area contributed by atoms with Crippen LogP contribution in [-0.4, -0.2) is 5.91 Å². The number of halogens is 1. The van der Waals surface area contributed by atoms with Crippen LogP contribution in [0.1, 0.15) is 12.0 Å². The molecule has 0 saturated carbocycles. The van der Waals surface area contributed by atoms with Crippen LogP contribution in [0.2, 0.25) is 5.02 Å². The standard InChI is InChI=1S/C10H9ClN2O/c11-8-4-7(5-9(12)6-8)2-1-3-10(13)14/h4-6H,3,12H2,(H2,13,14). The number of primary amides is 1. The maximum Gasteiger partial charge on any atom is 0.229 e. The summed E-state index contributed by atoms with van der Waals surface area (Å²) in [6.07, 6.45) is 0.0341. The van der Waals surface area contributed by atoms with Crippen LogP contribution in [0.15, 0.2) is 18.2 Å². The molecule has 0 fully saturated rings. The maximum atomic E-state index is 10.4. The van der Waals surface area contributed by atoms with Crippen molar-refractivity contribution in [3.8, 4) is 11.8 Å². The number of rotatable bonds is 1. The summed E-state index contributed by atoms with van der Waals surface area (Å²) in [5.74, 6) is 4.91. The lowest BCUT2D eigenvalue weighted by Gasteiger charge is -1.95. The zero-order valence-electron chi connectivity index (χ0n) is 7.38. The fourth-order valence-corrected chi connectivity index (χ4v) is 1.16. The first-order valence-electron chi connectivity index (χ1n) is 3.91. The molecule has 4 heteroatoms. The third kappa shape index (κ3) is 3.38. The van der Waals surface area contributed by atoms with Crippen molar-refractivity contribution in [3.05, 3.63) is 28.8 Å². The van der Waals surface area contributed by atoms with Gasteiger partial charge in [-0.15, -0.1) is 0 Å². The van der Waals surface area contributed by atoms with Crippen molar-refractivity contribution in [1.29, 1.82) is 0 Å². The summed E-state index contributed by atoms with van der Waals surface area (Å²) < 4.78 is 0. The molecular weight excluding hydrogens is 200 g/mol. The number of hydrogen-bond donors (Lipinski definition) is 2. The van der Waals surface area contributed by atoms with Crippen molar-refractivity contribution in [2.45, 2.75) is 6.42 Å². The van der Waals surface area contributed by atoms with Gasteiger partial charge < -0.3 is 11.5 Å². The molecule has 0 unspecified atom stereocenters. The van der Waals surface area contributed by atoms with Gasteiger partial charge in [-0.2, -0.15) is 0 Å². The van der Waals surface area contributed by atoms with E-state index in [0.717, 1.165) is 0 Å². The molecule has 1 aromatic carbocycles. The Labute approximate surface area is 87.0 Å². The lowest BCUT2D eigenvalue weighted by atomic mass is 10.2. The molecule has 0 aliphatic heterocycles. The molecule has 0 aromatic heterocycles. The molecule has 0 atom stereocenters. The number of benzene rings is 1. The van der Waals surface area contributed by atoms with Crippen LogP contribution < -0.4 is 11.5 Å². The van der Waals surface area contributed by atoms with E-state index >= 15 is 0 Å². The maximum absolute atomic E-state index is 10.4. The number of nitrogens with two attached hydrogens (primary N) is 2. The van der Waals surface area contributed by atoms with Gasteiger partial charge in [0.15, 0.2) is 0 Å².